The largest absolute Gasteiger partial charge is 0.464 e. The zero-order valence-corrected chi connectivity index (χ0v) is 19.3. The summed E-state index contributed by atoms with van der Waals surface area (Å²) in [5, 5.41) is 8.33. The number of hydrogen-bond acceptors (Lipinski definition) is 5. The Kier molecular flexibility index (Phi) is 6.15. The van der Waals surface area contributed by atoms with Gasteiger partial charge in [-0.1, -0.05) is 31.2 Å². The average molecular weight is 463 g/mol. The van der Waals surface area contributed by atoms with Crippen molar-refractivity contribution in [1.29, 1.82) is 0 Å². The summed E-state index contributed by atoms with van der Waals surface area (Å²) < 4.78 is 12.2. The van der Waals surface area contributed by atoms with Crippen molar-refractivity contribution in [2.24, 2.45) is 0 Å². The van der Waals surface area contributed by atoms with Gasteiger partial charge in [0, 0.05) is 34.2 Å². The van der Waals surface area contributed by atoms with Crippen molar-refractivity contribution >= 4 is 49.2 Å². The SMILES string of the molecule is CCc1ccc2occ(CC(=O)Nc3sc4ccccc4c3C(=O)NCC3CCCO3)c2c1. The van der Waals surface area contributed by atoms with Crippen LogP contribution in [0.2, 0.25) is 0 Å². The van der Waals surface area contributed by atoms with E-state index in [9.17, 15) is 9.59 Å². The van der Waals surface area contributed by atoms with E-state index in [0.29, 0.717) is 17.1 Å². The number of fused-ring (bicyclic) bond motifs is 2. The van der Waals surface area contributed by atoms with Crippen LogP contribution < -0.4 is 10.6 Å². The van der Waals surface area contributed by atoms with Crippen LogP contribution in [0.25, 0.3) is 21.1 Å². The second kappa shape index (κ2) is 9.37. The molecule has 4 aromatic rings. The number of anilines is 1. The summed E-state index contributed by atoms with van der Waals surface area (Å²) in [5.74, 6) is -0.376. The number of ether oxygens (including phenoxy) is 1. The van der Waals surface area contributed by atoms with Gasteiger partial charge in [-0.25, -0.2) is 0 Å². The number of thiophene rings is 1. The van der Waals surface area contributed by atoms with E-state index in [1.807, 2.05) is 36.4 Å². The zero-order chi connectivity index (χ0) is 22.8. The average Bonchev–Trinajstić information content (AvgIpc) is 3.56. The molecule has 1 unspecified atom stereocenters. The van der Waals surface area contributed by atoms with Crippen LogP contribution in [0.3, 0.4) is 0 Å². The molecule has 6 nitrogen and oxygen atoms in total. The first-order valence-electron chi connectivity index (χ1n) is 11.3. The third kappa shape index (κ3) is 4.51. The molecular weight excluding hydrogens is 436 g/mol. The number of aryl methyl sites for hydroxylation is 1. The fraction of sp³-hybridized carbons (Fsp3) is 0.308. The van der Waals surface area contributed by atoms with E-state index >= 15 is 0 Å². The summed E-state index contributed by atoms with van der Waals surface area (Å²) >= 11 is 1.41. The van der Waals surface area contributed by atoms with Gasteiger partial charge in [0.1, 0.15) is 10.6 Å². The molecule has 1 aliphatic heterocycles. The number of hydrogen-bond donors (Lipinski definition) is 2. The van der Waals surface area contributed by atoms with Gasteiger partial charge in [-0.2, -0.15) is 0 Å². The summed E-state index contributed by atoms with van der Waals surface area (Å²) in [4.78, 5) is 26.1. The lowest BCUT2D eigenvalue weighted by atomic mass is 10.1. The predicted octanol–water partition coefficient (Wildman–Crippen LogP) is 5.30. The zero-order valence-electron chi connectivity index (χ0n) is 18.5. The van der Waals surface area contributed by atoms with Crippen LogP contribution >= 0.6 is 11.3 Å². The van der Waals surface area contributed by atoms with Crippen LogP contribution in [0.15, 0.2) is 53.1 Å². The highest BCUT2D eigenvalue weighted by atomic mass is 32.1. The second-order valence-corrected chi connectivity index (χ2v) is 9.37. The molecule has 5 rings (SSSR count). The van der Waals surface area contributed by atoms with Crippen LogP contribution in [0.4, 0.5) is 5.00 Å². The fourth-order valence-electron chi connectivity index (χ4n) is 4.29. The number of carbonyl (C=O) groups excluding carboxylic acids is 2. The van der Waals surface area contributed by atoms with Gasteiger partial charge < -0.3 is 19.8 Å². The fourth-order valence-corrected chi connectivity index (χ4v) is 5.40. The molecule has 0 bridgehead atoms. The molecule has 2 aromatic carbocycles. The molecule has 2 N–H and O–H groups in total. The number of rotatable bonds is 7. The van der Waals surface area contributed by atoms with Crippen molar-refractivity contribution in [3.05, 3.63) is 65.4 Å². The Labute approximate surface area is 195 Å². The third-order valence-electron chi connectivity index (χ3n) is 6.07. The van der Waals surface area contributed by atoms with Crippen LogP contribution in [-0.2, 0) is 22.4 Å². The van der Waals surface area contributed by atoms with Crippen LogP contribution in [0, 0.1) is 0 Å². The van der Waals surface area contributed by atoms with Gasteiger partial charge in [-0.15, -0.1) is 11.3 Å². The number of benzene rings is 2. The molecule has 2 amide bonds. The van der Waals surface area contributed by atoms with Gasteiger partial charge in [-0.05, 0) is 43.0 Å². The lowest BCUT2D eigenvalue weighted by molar-refractivity contribution is -0.115. The molecule has 0 aliphatic carbocycles. The van der Waals surface area contributed by atoms with Crippen LogP contribution in [-0.4, -0.2) is 31.1 Å². The Hall–Kier alpha value is -3.16. The van der Waals surface area contributed by atoms with E-state index in [1.54, 1.807) is 6.26 Å². The Bertz CT molecular complexity index is 1320. The molecule has 0 saturated carbocycles. The molecule has 1 saturated heterocycles. The first kappa shape index (κ1) is 21.7. The summed E-state index contributed by atoms with van der Waals surface area (Å²) in [7, 11) is 0. The maximum Gasteiger partial charge on any atom is 0.255 e. The number of furan rings is 1. The molecule has 1 atom stereocenters. The molecule has 2 aromatic heterocycles. The van der Waals surface area contributed by atoms with Crippen molar-refractivity contribution in [1.82, 2.24) is 5.32 Å². The quantitative estimate of drug-likeness (QED) is 0.391. The van der Waals surface area contributed by atoms with E-state index in [-0.39, 0.29) is 24.3 Å². The van der Waals surface area contributed by atoms with Crippen molar-refractivity contribution in [3.8, 4) is 0 Å². The second-order valence-electron chi connectivity index (χ2n) is 8.32. The molecule has 3 heterocycles. The van der Waals surface area contributed by atoms with Crippen molar-refractivity contribution < 1.29 is 18.7 Å². The molecule has 0 spiro atoms. The third-order valence-corrected chi connectivity index (χ3v) is 7.15. The van der Waals surface area contributed by atoms with Crippen LogP contribution in [0.5, 0.6) is 0 Å². The Morgan fingerprint density at radius 1 is 1.15 bits per heavy atom. The molecular formula is C26H26N2O4S. The first-order valence-corrected chi connectivity index (χ1v) is 12.1. The summed E-state index contributed by atoms with van der Waals surface area (Å²) in [6.45, 7) is 3.31. The molecule has 0 radical (unpaired) electrons. The molecule has 1 fully saturated rings. The molecule has 170 valence electrons. The Morgan fingerprint density at radius 2 is 2.03 bits per heavy atom. The number of nitrogens with one attached hydrogen (secondary N) is 2. The van der Waals surface area contributed by atoms with Gasteiger partial charge in [0.2, 0.25) is 5.91 Å². The van der Waals surface area contributed by atoms with Gasteiger partial charge in [0.05, 0.1) is 24.4 Å². The maximum atomic E-state index is 13.1. The minimum Gasteiger partial charge on any atom is -0.464 e. The smallest absolute Gasteiger partial charge is 0.255 e. The molecule has 7 heteroatoms. The van der Waals surface area contributed by atoms with E-state index in [4.69, 9.17) is 9.15 Å². The predicted molar refractivity (Wildman–Crippen MR) is 131 cm³/mol. The highest BCUT2D eigenvalue weighted by Gasteiger charge is 2.23. The normalized spacial score (nSPS) is 15.8. The summed E-state index contributed by atoms with van der Waals surface area (Å²) in [6, 6.07) is 13.8. The van der Waals surface area contributed by atoms with Crippen molar-refractivity contribution in [2.45, 2.75) is 38.7 Å². The van der Waals surface area contributed by atoms with E-state index in [1.165, 1.54) is 16.9 Å². The van der Waals surface area contributed by atoms with Crippen LogP contribution in [0.1, 0.15) is 41.3 Å². The van der Waals surface area contributed by atoms with Crippen molar-refractivity contribution in [2.75, 3.05) is 18.5 Å². The minimum atomic E-state index is -0.195. The Morgan fingerprint density at radius 3 is 2.85 bits per heavy atom. The maximum absolute atomic E-state index is 13.1. The van der Waals surface area contributed by atoms with Crippen molar-refractivity contribution in [3.63, 3.8) is 0 Å². The molecule has 33 heavy (non-hydrogen) atoms. The summed E-state index contributed by atoms with van der Waals surface area (Å²) in [5.41, 5.74) is 3.31. The highest BCUT2D eigenvalue weighted by molar-refractivity contribution is 7.23. The monoisotopic (exact) mass is 462 g/mol. The topological polar surface area (TPSA) is 80.6 Å². The number of carbonyl (C=O) groups is 2. The highest BCUT2D eigenvalue weighted by Crippen LogP contribution is 2.36. The minimum absolute atomic E-state index is 0.0549. The van der Waals surface area contributed by atoms with Gasteiger partial charge >= 0.3 is 0 Å². The van der Waals surface area contributed by atoms with Gasteiger partial charge in [0.15, 0.2) is 0 Å². The van der Waals surface area contributed by atoms with Gasteiger partial charge in [-0.3, -0.25) is 9.59 Å². The van der Waals surface area contributed by atoms with E-state index in [2.05, 4.69) is 23.6 Å². The van der Waals surface area contributed by atoms with E-state index < -0.39 is 0 Å². The lowest BCUT2D eigenvalue weighted by Crippen LogP contribution is -2.32. The number of amides is 2. The standard InChI is InChI=1S/C26H26N2O4S/c1-2-16-9-10-21-20(12-16)17(15-32-21)13-23(29)28-26-24(19-7-3-4-8-22(19)33-26)25(30)27-14-18-6-5-11-31-18/h3-4,7-10,12,15,18H,2,5-6,11,13-14H2,1H3,(H,27,30)(H,28,29). The Balaban J connectivity index is 1.37. The lowest BCUT2D eigenvalue weighted by Gasteiger charge is -2.12. The first-order chi connectivity index (χ1) is 16.1. The van der Waals surface area contributed by atoms with Gasteiger partial charge in [0.25, 0.3) is 5.91 Å². The van der Waals surface area contributed by atoms with E-state index in [0.717, 1.165) is 52.5 Å². The summed E-state index contributed by atoms with van der Waals surface area (Å²) in [6.07, 6.45) is 4.76. The molecule has 1 aliphatic rings.